The van der Waals surface area contributed by atoms with Gasteiger partial charge in [0.1, 0.15) is 30.1 Å². The number of amides is 1. The molecule has 122 valence electrons. The lowest BCUT2D eigenvalue weighted by Gasteiger charge is -2.09. The van der Waals surface area contributed by atoms with E-state index in [-0.39, 0.29) is 11.6 Å². The molecule has 0 aliphatic heterocycles. The summed E-state index contributed by atoms with van der Waals surface area (Å²) in [5.74, 6) is 1.55. The van der Waals surface area contributed by atoms with Crippen LogP contribution in [0.25, 0.3) is 0 Å². The van der Waals surface area contributed by atoms with Crippen LogP contribution in [-0.2, 0) is 0 Å². The number of carbonyl (C=O) groups excluding carboxylic acids is 1. The monoisotopic (exact) mass is 317 g/mol. The third-order valence-electron chi connectivity index (χ3n) is 2.87. The van der Waals surface area contributed by atoms with Gasteiger partial charge in [-0.3, -0.25) is 4.79 Å². The molecule has 1 aromatic carbocycles. The van der Waals surface area contributed by atoms with Gasteiger partial charge in [-0.25, -0.2) is 9.97 Å². The molecular formula is C16H19N3O4. The van der Waals surface area contributed by atoms with Crippen LogP contribution in [0, 0.1) is 0 Å². The Morgan fingerprint density at radius 3 is 2.48 bits per heavy atom. The molecule has 0 spiro atoms. The number of nitrogens with one attached hydrogen (secondary N) is 1. The number of benzene rings is 1. The second kappa shape index (κ2) is 8.57. The van der Waals surface area contributed by atoms with E-state index in [1.165, 1.54) is 19.5 Å². The van der Waals surface area contributed by atoms with Crippen molar-refractivity contribution in [2.24, 2.45) is 0 Å². The Bertz CT molecular complexity index is 631. The molecule has 0 unspecified atom stereocenters. The second-order valence-electron chi connectivity index (χ2n) is 4.45. The minimum absolute atomic E-state index is 0.248. The third kappa shape index (κ3) is 5.14. The lowest BCUT2D eigenvalue weighted by molar-refractivity contribution is 0.0941. The Hall–Kier alpha value is -2.83. The van der Waals surface area contributed by atoms with Crippen LogP contribution in [0.15, 0.2) is 36.7 Å². The van der Waals surface area contributed by atoms with Crippen LogP contribution in [0.4, 0.5) is 0 Å². The number of rotatable bonds is 8. The average molecular weight is 317 g/mol. The van der Waals surface area contributed by atoms with Gasteiger partial charge in [0.25, 0.3) is 5.91 Å². The molecule has 1 amide bonds. The zero-order chi connectivity index (χ0) is 16.5. The van der Waals surface area contributed by atoms with E-state index >= 15 is 0 Å². The summed E-state index contributed by atoms with van der Waals surface area (Å²) in [7, 11) is 1.48. The van der Waals surface area contributed by atoms with Crippen molar-refractivity contribution in [2.45, 2.75) is 6.92 Å². The van der Waals surface area contributed by atoms with Gasteiger partial charge in [0, 0.05) is 6.07 Å². The number of hydrogen-bond donors (Lipinski definition) is 1. The number of carbonyl (C=O) groups is 1. The first-order valence-corrected chi connectivity index (χ1v) is 7.23. The van der Waals surface area contributed by atoms with Gasteiger partial charge in [-0.05, 0) is 31.2 Å². The SMILES string of the molecule is CCOc1ccc(OCCNC(=O)c2cc(OC)ncn2)cc1. The smallest absolute Gasteiger partial charge is 0.270 e. The topological polar surface area (TPSA) is 82.6 Å². The molecule has 0 aliphatic rings. The maximum Gasteiger partial charge on any atom is 0.270 e. The summed E-state index contributed by atoms with van der Waals surface area (Å²) in [5, 5.41) is 2.72. The zero-order valence-corrected chi connectivity index (χ0v) is 13.1. The highest BCUT2D eigenvalue weighted by Crippen LogP contribution is 2.17. The van der Waals surface area contributed by atoms with E-state index in [0.29, 0.717) is 31.4 Å². The predicted molar refractivity (Wildman–Crippen MR) is 84.0 cm³/mol. The highest BCUT2D eigenvalue weighted by atomic mass is 16.5. The number of ether oxygens (including phenoxy) is 3. The van der Waals surface area contributed by atoms with Crippen molar-refractivity contribution in [1.29, 1.82) is 0 Å². The fraction of sp³-hybridized carbons (Fsp3) is 0.312. The number of nitrogens with zero attached hydrogens (tertiary/aromatic N) is 2. The van der Waals surface area contributed by atoms with Crippen LogP contribution in [0.3, 0.4) is 0 Å². The van der Waals surface area contributed by atoms with E-state index in [9.17, 15) is 4.79 Å². The standard InChI is InChI=1S/C16H19N3O4/c1-3-22-12-4-6-13(7-5-12)23-9-8-17-16(20)14-10-15(21-2)19-11-18-14/h4-7,10-11H,3,8-9H2,1-2H3,(H,17,20). The zero-order valence-electron chi connectivity index (χ0n) is 13.1. The van der Waals surface area contributed by atoms with Gasteiger partial charge < -0.3 is 19.5 Å². The molecule has 7 heteroatoms. The maximum absolute atomic E-state index is 11.9. The van der Waals surface area contributed by atoms with Gasteiger partial charge in [0.05, 0.1) is 20.3 Å². The highest BCUT2D eigenvalue weighted by Gasteiger charge is 2.08. The van der Waals surface area contributed by atoms with Crippen molar-refractivity contribution in [1.82, 2.24) is 15.3 Å². The molecule has 0 saturated carbocycles. The minimum Gasteiger partial charge on any atom is -0.494 e. The molecule has 2 aromatic rings. The first-order chi connectivity index (χ1) is 11.2. The van der Waals surface area contributed by atoms with E-state index in [1.54, 1.807) is 0 Å². The van der Waals surface area contributed by atoms with Crippen LogP contribution in [0.5, 0.6) is 17.4 Å². The predicted octanol–water partition coefficient (Wildman–Crippen LogP) is 1.69. The Balaban J connectivity index is 1.75. The summed E-state index contributed by atoms with van der Waals surface area (Å²) in [4.78, 5) is 19.7. The van der Waals surface area contributed by atoms with Crippen LogP contribution in [-0.4, -0.2) is 42.7 Å². The van der Waals surface area contributed by atoms with Crippen molar-refractivity contribution in [2.75, 3.05) is 26.9 Å². The van der Waals surface area contributed by atoms with Gasteiger partial charge in [0.2, 0.25) is 5.88 Å². The molecule has 0 bridgehead atoms. The van der Waals surface area contributed by atoms with E-state index in [4.69, 9.17) is 14.2 Å². The molecule has 1 N–H and O–H groups in total. The summed E-state index contributed by atoms with van der Waals surface area (Å²) in [6.07, 6.45) is 1.28. The molecule has 2 rings (SSSR count). The Kier molecular flexibility index (Phi) is 6.17. The summed E-state index contributed by atoms with van der Waals surface area (Å²) in [6.45, 7) is 3.26. The van der Waals surface area contributed by atoms with Gasteiger partial charge >= 0.3 is 0 Å². The van der Waals surface area contributed by atoms with Crippen molar-refractivity contribution in [3.05, 3.63) is 42.4 Å². The lowest BCUT2D eigenvalue weighted by Crippen LogP contribution is -2.28. The molecule has 0 atom stereocenters. The Morgan fingerprint density at radius 2 is 1.83 bits per heavy atom. The first-order valence-electron chi connectivity index (χ1n) is 7.23. The number of hydrogen-bond acceptors (Lipinski definition) is 6. The highest BCUT2D eigenvalue weighted by molar-refractivity contribution is 5.92. The quantitative estimate of drug-likeness (QED) is 0.746. The fourth-order valence-corrected chi connectivity index (χ4v) is 1.80. The van der Waals surface area contributed by atoms with Crippen LogP contribution >= 0.6 is 0 Å². The molecule has 1 heterocycles. The largest absolute Gasteiger partial charge is 0.494 e. The van der Waals surface area contributed by atoms with Crippen molar-refractivity contribution in [3.63, 3.8) is 0 Å². The first kappa shape index (κ1) is 16.5. The lowest BCUT2D eigenvalue weighted by atomic mass is 10.3. The minimum atomic E-state index is -0.305. The molecular weight excluding hydrogens is 298 g/mol. The normalized spacial score (nSPS) is 10.0. The molecule has 0 saturated heterocycles. The summed E-state index contributed by atoms with van der Waals surface area (Å²) < 4.78 is 15.8. The average Bonchev–Trinajstić information content (AvgIpc) is 2.60. The molecule has 0 radical (unpaired) electrons. The van der Waals surface area contributed by atoms with E-state index < -0.39 is 0 Å². The van der Waals surface area contributed by atoms with E-state index in [0.717, 1.165) is 5.75 Å². The number of methoxy groups -OCH3 is 1. The second-order valence-corrected chi connectivity index (χ2v) is 4.45. The molecule has 0 aliphatic carbocycles. The van der Waals surface area contributed by atoms with Crippen LogP contribution < -0.4 is 19.5 Å². The molecule has 23 heavy (non-hydrogen) atoms. The van der Waals surface area contributed by atoms with Crippen molar-refractivity contribution in [3.8, 4) is 17.4 Å². The number of aromatic nitrogens is 2. The van der Waals surface area contributed by atoms with Crippen molar-refractivity contribution < 1.29 is 19.0 Å². The van der Waals surface area contributed by atoms with E-state index in [2.05, 4.69) is 15.3 Å². The maximum atomic E-state index is 11.9. The molecule has 1 aromatic heterocycles. The summed E-state index contributed by atoms with van der Waals surface area (Å²) in [6, 6.07) is 8.79. The van der Waals surface area contributed by atoms with Gasteiger partial charge in [-0.15, -0.1) is 0 Å². The Morgan fingerprint density at radius 1 is 1.13 bits per heavy atom. The summed E-state index contributed by atoms with van der Waals surface area (Å²) >= 11 is 0. The van der Waals surface area contributed by atoms with E-state index in [1.807, 2.05) is 31.2 Å². The van der Waals surface area contributed by atoms with Gasteiger partial charge in [0.15, 0.2) is 0 Å². The molecule has 7 nitrogen and oxygen atoms in total. The van der Waals surface area contributed by atoms with Crippen molar-refractivity contribution >= 4 is 5.91 Å². The third-order valence-corrected chi connectivity index (χ3v) is 2.87. The van der Waals surface area contributed by atoms with Gasteiger partial charge in [-0.2, -0.15) is 0 Å². The summed E-state index contributed by atoms with van der Waals surface area (Å²) in [5.41, 5.74) is 0.248. The molecule has 0 fully saturated rings. The van der Waals surface area contributed by atoms with Gasteiger partial charge in [-0.1, -0.05) is 0 Å². The van der Waals surface area contributed by atoms with Crippen LogP contribution in [0.2, 0.25) is 0 Å². The van der Waals surface area contributed by atoms with Crippen LogP contribution in [0.1, 0.15) is 17.4 Å². The Labute approximate surface area is 134 Å². The fourth-order valence-electron chi connectivity index (χ4n) is 1.80.